The van der Waals surface area contributed by atoms with E-state index in [0.717, 1.165) is 30.2 Å². The molecule has 1 fully saturated rings. The molecule has 2 heterocycles. The van der Waals surface area contributed by atoms with Gasteiger partial charge in [-0.1, -0.05) is 42.5 Å². The van der Waals surface area contributed by atoms with E-state index in [2.05, 4.69) is 51.2 Å². The number of thiophene rings is 1. The minimum Gasteiger partial charge on any atom is -0.347 e. The van der Waals surface area contributed by atoms with Crippen LogP contribution < -0.4 is 16.0 Å². The van der Waals surface area contributed by atoms with E-state index >= 15 is 0 Å². The van der Waals surface area contributed by atoms with Gasteiger partial charge in [0.1, 0.15) is 0 Å². The number of rotatable bonds is 11. The summed E-state index contributed by atoms with van der Waals surface area (Å²) in [5.74, 6) is 0.635. The maximum atomic E-state index is 12.4. The number of nitrogens with one attached hydrogen (secondary N) is 3. The Kier molecular flexibility index (Phi) is 9.94. The Hall–Kier alpha value is -3.16. The fourth-order valence-electron chi connectivity index (χ4n) is 4.62. The normalized spacial score (nSPS) is 14.3. The van der Waals surface area contributed by atoms with E-state index in [1.54, 1.807) is 35.6 Å². The Bertz CT molecular complexity index is 1080. The van der Waals surface area contributed by atoms with E-state index in [1.165, 1.54) is 37.9 Å². The van der Waals surface area contributed by atoms with E-state index in [9.17, 15) is 9.59 Å². The van der Waals surface area contributed by atoms with Crippen LogP contribution in [0.25, 0.3) is 0 Å². The van der Waals surface area contributed by atoms with Crippen LogP contribution in [-0.4, -0.2) is 43.0 Å². The molecule has 1 aromatic heterocycles. The molecule has 7 heteroatoms. The lowest BCUT2D eigenvalue weighted by atomic mass is 9.90. The number of benzene rings is 2. The molecule has 2 aromatic carbocycles. The van der Waals surface area contributed by atoms with Crippen molar-refractivity contribution in [3.8, 4) is 0 Å². The highest BCUT2D eigenvalue weighted by atomic mass is 32.1. The number of anilines is 1. The third-order valence-electron chi connectivity index (χ3n) is 6.65. The molecule has 3 aromatic rings. The van der Waals surface area contributed by atoms with Gasteiger partial charge < -0.3 is 20.9 Å². The summed E-state index contributed by atoms with van der Waals surface area (Å²) in [6.07, 6.45) is 5.74. The van der Waals surface area contributed by atoms with Crippen LogP contribution >= 0.6 is 11.3 Å². The first-order valence-corrected chi connectivity index (χ1v) is 13.8. The van der Waals surface area contributed by atoms with Crippen LogP contribution in [0.15, 0.2) is 72.1 Å². The average molecular weight is 505 g/mol. The zero-order chi connectivity index (χ0) is 25.0. The molecule has 0 radical (unpaired) electrons. The summed E-state index contributed by atoms with van der Waals surface area (Å²) in [5.41, 5.74) is 2.58. The third kappa shape index (κ3) is 8.50. The first kappa shape index (κ1) is 25.9. The van der Waals surface area contributed by atoms with Crippen LogP contribution in [0.1, 0.15) is 46.5 Å². The van der Waals surface area contributed by atoms with Crippen LogP contribution in [0, 0.1) is 5.92 Å². The summed E-state index contributed by atoms with van der Waals surface area (Å²) in [4.78, 5) is 28.4. The van der Waals surface area contributed by atoms with Gasteiger partial charge in [0.15, 0.2) is 0 Å². The number of likely N-dealkylation sites (tertiary alicyclic amines) is 1. The number of hydrogen-bond acceptors (Lipinski definition) is 4. The lowest BCUT2D eigenvalue weighted by Crippen LogP contribution is -2.35. The van der Waals surface area contributed by atoms with Gasteiger partial charge in [-0.05, 0) is 92.9 Å². The molecule has 0 saturated carbocycles. The van der Waals surface area contributed by atoms with Crippen molar-refractivity contribution >= 4 is 29.0 Å². The summed E-state index contributed by atoms with van der Waals surface area (Å²) < 4.78 is 0. The molecule has 0 aliphatic carbocycles. The van der Waals surface area contributed by atoms with Crippen molar-refractivity contribution in [1.29, 1.82) is 0 Å². The van der Waals surface area contributed by atoms with Crippen molar-refractivity contribution in [2.75, 3.05) is 31.5 Å². The molecular weight excluding hydrogens is 468 g/mol. The van der Waals surface area contributed by atoms with Gasteiger partial charge in [-0.3, -0.25) is 4.79 Å². The second-order valence-electron chi connectivity index (χ2n) is 9.41. The molecule has 1 aliphatic rings. The summed E-state index contributed by atoms with van der Waals surface area (Å²) in [6.45, 7) is 4.56. The Morgan fingerprint density at radius 2 is 1.75 bits per heavy atom. The van der Waals surface area contributed by atoms with E-state index in [0.29, 0.717) is 24.3 Å². The molecule has 0 atom stereocenters. The van der Waals surface area contributed by atoms with Crippen LogP contribution in [0.4, 0.5) is 10.5 Å². The second-order valence-corrected chi connectivity index (χ2v) is 10.4. The van der Waals surface area contributed by atoms with Crippen molar-refractivity contribution in [2.45, 2.75) is 38.6 Å². The Balaban J connectivity index is 1.08. The predicted octanol–water partition coefficient (Wildman–Crippen LogP) is 5.53. The number of carbonyl (C=O) groups excluding carboxylic acids is 2. The lowest BCUT2D eigenvalue weighted by molar-refractivity contribution is 0.0951. The largest absolute Gasteiger partial charge is 0.347 e. The van der Waals surface area contributed by atoms with Gasteiger partial charge in [-0.15, -0.1) is 11.3 Å². The third-order valence-corrected chi connectivity index (χ3v) is 7.52. The van der Waals surface area contributed by atoms with Gasteiger partial charge in [0.25, 0.3) is 5.91 Å². The van der Waals surface area contributed by atoms with E-state index in [-0.39, 0.29) is 11.9 Å². The molecule has 0 spiro atoms. The highest BCUT2D eigenvalue weighted by Gasteiger charge is 2.19. The molecule has 4 rings (SSSR count). The number of amides is 3. The number of hydrogen-bond donors (Lipinski definition) is 3. The monoisotopic (exact) mass is 504 g/mol. The van der Waals surface area contributed by atoms with Gasteiger partial charge in [0, 0.05) is 22.7 Å². The van der Waals surface area contributed by atoms with E-state index in [4.69, 9.17) is 0 Å². The fraction of sp³-hybridized carbons (Fsp3) is 0.379. The number of carbonyl (C=O) groups is 2. The Labute approximate surface area is 218 Å². The van der Waals surface area contributed by atoms with Gasteiger partial charge in [0.2, 0.25) is 0 Å². The topological polar surface area (TPSA) is 73.5 Å². The minimum atomic E-state index is -0.243. The quantitative estimate of drug-likeness (QED) is 0.301. The standard InChI is InChI=1S/C29H36N4O2S/c34-28(31-22-27-12-7-19-36-27)25-10-6-11-26(21-25)32-29(35)30-15-4-5-16-33-17-13-24(14-18-33)20-23-8-2-1-3-9-23/h1-3,6-12,19,21,24H,4-5,13-18,20,22H2,(H,31,34)(H2,30,32,35). The molecule has 1 aliphatic heterocycles. The highest BCUT2D eigenvalue weighted by Crippen LogP contribution is 2.21. The van der Waals surface area contributed by atoms with Gasteiger partial charge in [-0.2, -0.15) is 0 Å². The molecule has 36 heavy (non-hydrogen) atoms. The Morgan fingerprint density at radius 1 is 0.917 bits per heavy atom. The number of piperidine rings is 1. The molecule has 0 unspecified atom stereocenters. The first-order valence-electron chi connectivity index (χ1n) is 12.9. The average Bonchev–Trinajstić information content (AvgIpc) is 3.43. The van der Waals surface area contributed by atoms with Crippen LogP contribution in [0.3, 0.4) is 0 Å². The second kappa shape index (κ2) is 13.8. The van der Waals surface area contributed by atoms with Crippen LogP contribution in [-0.2, 0) is 13.0 Å². The summed E-state index contributed by atoms with van der Waals surface area (Å²) in [6, 6.07) is 21.5. The smallest absolute Gasteiger partial charge is 0.319 e. The van der Waals surface area contributed by atoms with E-state index in [1.807, 2.05) is 17.5 Å². The number of urea groups is 1. The van der Waals surface area contributed by atoms with Crippen molar-refractivity contribution in [2.24, 2.45) is 5.92 Å². The maximum Gasteiger partial charge on any atom is 0.319 e. The van der Waals surface area contributed by atoms with Crippen molar-refractivity contribution in [3.63, 3.8) is 0 Å². The first-order chi connectivity index (χ1) is 17.7. The molecule has 1 saturated heterocycles. The van der Waals surface area contributed by atoms with Crippen LogP contribution in [0.5, 0.6) is 0 Å². The van der Waals surface area contributed by atoms with Gasteiger partial charge >= 0.3 is 6.03 Å². The molecule has 3 amide bonds. The maximum absolute atomic E-state index is 12.4. The van der Waals surface area contributed by atoms with Gasteiger partial charge in [-0.25, -0.2) is 4.79 Å². The molecule has 3 N–H and O–H groups in total. The predicted molar refractivity (Wildman–Crippen MR) is 147 cm³/mol. The zero-order valence-electron chi connectivity index (χ0n) is 20.7. The van der Waals surface area contributed by atoms with Crippen molar-refractivity contribution < 1.29 is 9.59 Å². The summed E-state index contributed by atoms with van der Waals surface area (Å²) in [5, 5.41) is 10.7. The number of nitrogens with zero attached hydrogens (tertiary/aromatic N) is 1. The fourth-order valence-corrected chi connectivity index (χ4v) is 5.26. The SMILES string of the molecule is O=C(NCCCCN1CCC(Cc2ccccc2)CC1)Nc1cccc(C(=O)NCc2cccs2)c1. The highest BCUT2D eigenvalue weighted by molar-refractivity contribution is 7.09. The van der Waals surface area contributed by atoms with Crippen molar-refractivity contribution in [3.05, 3.63) is 88.1 Å². The van der Waals surface area contributed by atoms with Crippen LogP contribution in [0.2, 0.25) is 0 Å². The Morgan fingerprint density at radius 3 is 2.53 bits per heavy atom. The van der Waals surface area contributed by atoms with Crippen molar-refractivity contribution in [1.82, 2.24) is 15.5 Å². The lowest BCUT2D eigenvalue weighted by Gasteiger charge is -2.32. The molecule has 0 bridgehead atoms. The van der Waals surface area contributed by atoms with E-state index < -0.39 is 0 Å². The number of unbranched alkanes of at least 4 members (excludes halogenated alkanes) is 1. The van der Waals surface area contributed by atoms with Gasteiger partial charge in [0.05, 0.1) is 6.54 Å². The molecule has 190 valence electrons. The minimum absolute atomic E-state index is 0.156. The summed E-state index contributed by atoms with van der Waals surface area (Å²) in [7, 11) is 0. The summed E-state index contributed by atoms with van der Waals surface area (Å²) >= 11 is 1.61. The zero-order valence-corrected chi connectivity index (χ0v) is 21.6. The molecule has 6 nitrogen and oxygen atoms in total. The molecular formula is C29H36N4O2S.